The Morgan fingerprint density at radius 1 is 0.333 bits per heavy atom. The third-order valence-corrected chi connectivity index (χ3v) is 28.9. The average molecular weight is 1680 g/mol. The van der Waals surface area contributed by atoms with Crippen LogP contribution >= 0.6 is 0 Å². The van der Waals surface area contributed by atoms with Crippen LogP contribution in [0, 0.1) is 35.5 Å². The average Bonchev–Trinajstić information content (AvgIpc) is 1.55. The van der Waals surface area contributed by atoms with Crippen molar-refractivity contribution in [3.8, 4) is 0 Å². The molecule has 6 unspecified atom stereocenters. The number of nitrogens with zero attached hydrogens (tertiary/aromatic N) is 12. The third kappa shape index (κ3) is 20.7. The Labute approximate surface area is 723 Å². The summed E-state index contributed by atoms with van der Waals surface area (Å²) in [5, 5.41) is 65.2. The molecule has 6 N–H and O–H groups in total. The SMILES string of the molecule is CC(C)(C)c1ccn2cncc2c1C(O)C1CCCCC1.CC(C)c1ccn2cncc2c1C(O)CC1CCCCC1.OC(CC1CCCCC1)c1c(C2CC2)ccn2cncc12.OC(c1c(C(F)(F)F)ccn2cncc12)C1CCCCC1.OC(c1c(C2CC2)ccn2cncc12)C1CCCC1.OC(c1c(C2CC2)ccn2cncc12)C1CCOCC1. The fraction of sp³-hybridized carbons (Fsp3) is 0.584. The summed E-state index contributed by atoms with van der Waals surface area (Å²) in [5.41, 5.74) is 17.1. The lowest BCUT2D eigenvalue weighted by molar-refractivity contribution is -0.139. The van der Waals surface area contributed by atoms with Gasteiger partial charge in [0.25, 0.3) is 0 Å². The van der Waals surface area contributed by atoms with Crippen LogP contribution in [0.4, 0.5) is 13.2 Å². The van der Waals surface area contributed by atoms with E-state index in [0.717, 1.165) is 145 Å². The minimum atomic E-state index is -4.48. The van der Waals surface area contributed by atoms with Gasteiger partial charge in [-0.2, -0.15) is 13.2 Å². The van der Waals surface area contributed by atoms with Crippen LogP contribution in [0.1, 0.15) is 380 Å². The molecule has 0 aromatic carbocycles. The van der Waals surface area contributed by atoms with E-state index in [0.29, 0.717) is 58.8 Å². The van der Waals surface area contributed by atoms with Gasteiger partial charge in [0.2, 0.25) is 0 Å². The second kappa shape index (κ2) is 39.7. The standard InChI is InChI=1S/C18H24N2O.2C18H26N2O.C16H20N2O2.C16H20N2O.C15H17F3N2O/c21-17(10-13-4-2-1-3-5-13)18-15(14-6-7-14)8-9-20-12-19-11-16(18)20;1-18(2,3)14-9-10-20-12-19-11-15(20)16(14)17(21)13-7-5-4-6-8-13;1-13(2)15-8-9-20-12-19-11-16(20)18(15)17(21)10-14-6-4-3-5-7-14;19-16(12-4-7-20-8-5-12)15-13(11-1-2-11)3-6-18-10-17-9-14(15)18;19-16(12-3-1-2-4-12)15-13(11-5-6-11)7-8-18-10-17-9-14(15)18;16-15(17,18)11-6-7-20-9-19-8-12(20)13(11)14(21)10-4-2-1-3-5-10/h8-9,11-14,17,21H,1-7,10H2;9-13,17,21H,4-8H2,1-3H3;8-9,11-14,17,21H,3-7,10H2,1-2H3;3,6,9-12,16,19H,1-2,4-5,7-8H2;7-12,16,19H,1-6H2;6-10,14,21H,1-5H2. The first-order valence-electron chi connectivity index (χ1n) is 47.1. The molecular formula is C101H133F3N12O7. The maximum Gasteiger partial charge on any atom is 0.416 e. The second-order valence-electron chi connectivity index (χ2n) is 38.9. The van der Waals surface area contributed by atoms with E-state index < -0.39 is 23.9 Å². The van der Waals surface area contributed by atoms with Crippen molar-refractivity contribution < 1.29 is 48.5 Å². The van der Waals surface area contributed by atoms with Crippen LogP contribution in [0.5, 0.6) is 0 Å². The molecule has 0 bridgehead atoms. The van der Waals surface area contributed by atoms with Gasteiger partial charge in [-0.15, -0.1) is 0 Å². The number of halogens is 3. The predicted octanol–water partition coefficient (Wildman–Crippen LogP) is 23.0. The number of alkyl halides is 3. The molecule has 9 aliphatic rings. The van der Waals surface area contributed by atoms with Crippen molar-refractivity contribution >= 4 is 33.1 Å². The van der Waals surface area contributed by atoms with E-state index in [1.54, 1.807) is 0 Å². The van der Waals surface area contributed by atoms with Gasteiger partial charge in [-0.1, -0.05) is 150 Å². The molecule has 12 aromatic rings. The normalized spacial score (nSPS) is 20.4. The number of aliphatic hydroxyl groups is 6. The van der Waals surface area contributed by atoms with Crippen molar-refractivity contribution in [2.24, 2.45) is 35.5 Å². The highest BCUT2D eigenvalue weighted by Crippen LogP contribution is 2.51. The third-order valence-electron chi connectivity index (χ3n) is 28.9. The molecule has 13 heterocycles. The Bertz CT molecular complexity index is 5180. The van der Waals surface area contributed by atoms with Gasteiger partial charge in [0.05, 0.1) is 150 Å². The minimum Gasteiger partial charge on any atom is -0.388 e. The maximum atomic E-state index is 13.3. The summed E-state index contributed by atoms with van der Waals surface area (Å²) in [6.45, 7) is 12.6. The van der Waals surface area contributed by atoms with Gasteiger partial charge < -0.3 is 61.8 Å². The van der Waals surface area contributed by atoms with Gasteiger partial charge in [0, 0.05) is 83.8 Å². The van der Waals surface area contributed by atoms with Crippen LogP contribution in [0.3, 0.4) is 0 Å². The number of fused-ring (bicyclic) bond motifs is 6. The quantitative estimate of drug-likeness (QED) is 0.0470. The molecule has 6 atom stereocenters. The number of aliphatic hydroxyl groups excluding tert-OH is 6. The second-order valence-corrected chi connectivity index (χ2v) is 38.9. The lowest BCUT2D eigenvalue weighted by Gasteiger charge is -2.31. The Morgan fingerprint density at radius 2 is 0.610 bits per heavy atom. The molecule has 21 rings (SSSR count). The Kier molecular flexibility index (Phi) is 28.4. The van der Waals surface area contributed by atoms with Crippen molar-refractivity contribution in [2.45, 2.75) is 325 Å². The van der Waals surface area contributed by atoms with E-state index in [9.17, 15) is 43.8 Å². The summed E-state index contributed by atoms with van der Waals surface area (Å²) in [6, 6.07) is 11.9. The topological polar surface area (TPSA) is 234 Å². The minimum absolute atomic E-state index is 0.0248. The summed E-state index contributed by atoms with van der Waals surface area (Å²) < 4.78 is 56.9. The fourth-order valence-electron chi connectivity index (χ4n) is 21.7. The summed E-state index contributed by atoms with van der Waals surface area (Å²) >= 11 is 0. The predicted molar refractivity (Wildman–Crippen MR) is 476 cm³/mol. The summed E-state index contributed by atoms with van der Waals surface area (Å²) in [6.07, 6.45) is 65.7. The van der Waals surface area contributed by atoms with Crippen molar-refractivity contribution in [3.63, 3.8) is 0 Å². The van der Waals surface area contributed by atoms with Crippen LogP contribution in [0.15, 0.2) is 149 Å². The number of pyridine rings is 6. The Balaban J connectivity index is 0.000000109. The number of hydrogen-bond acceptors (Lipinski definition) is 13. The van der Waals surface area contributed by atoms with E-state index in [4.69, 9.17) is 4.74 Å². The molecule has 0 spiro atoms. The molecular weight excluding hydrogens is 1550 g/mol. The Morgan fingerprint density at radius 3 is 0.959 bits per heavy atom. The highest BCUT2D eigenvalue weighted by Gasteiger charge is 2.41. The van der Waals surface area contributed by atoms with E-state index >= 15 is 0 Å². The highest BCUT2D eigenvalue weighted by molar-refractivity contribution is 5.64. The van der Waals surface area contributed by atoms with Gasteiger partial charge in [-0.05, 0) is 232 Å². The molecule has 8 saturated carbocycles. The molecule has 0 radical (unpaired) electrons. The first-order valence-corrected chi connectivity index (χ1v) is 47.1. The van der Waals surface area contributed by atoms with Crippen molar-refractivity contribution in [1.29, 1.82) is 0 Å². The number of ether oxygens (including phenoxy) is 1. The monoisotopic (exact) mass is 1680 g/mol. The van der Waals surface area contributed by atoms with Crippen molar-refractivity contribution in [3.05, 3.63) is 215 Å². The van der Waals surface area contributed by atoms with Gasteiger partial charge >= 0.3 is 6.18 Å². The van der Waals surface area contributed by atoms with Crippen molar-refractivity contribution in [2.75, 3.05) is 13.2 Å². The fourth-order valence-corrected chi connectivity index (χ4v) is 21.7. The number of aromatic nitrogens is 12. The van der Waals surface area contributed by atoms with Gasteiger partial charge in [-0.25, -0.2) is 29.9 Å². The number of rotatable bonds is 18. The van der Waals surface area contributed by atoms with E-state index in [1.165, 1.54) is 199 Å². The molecule has 22 heteroatoms. The largest absolute Gasteiger partial charge is 0.416 e. The zero-order chi connectivity index (χ0) is 85.5. The molecule has 660 valence electrons. The van der Waals surface area contributed by atoms with Gasteiger partial charge in [-0.3, -0.25) is 0 Å². The molecule has 19 nitrogen and oxygen atoms in total. The summed E-state index contributed by atoms with van der Waals surface area (Å²) in [7, 11) is 0. The molecule has 0 amide bonds. The van der Waals surface area contributed by atoms with Crippen LogP contribution < -0.4 is 0 Å². The van der Waals surface area contributed by atoms with E-state index in [2.05, 4.69) is 126 Å². The van der Waals surface area contributed by atoms with E-state index in [-0.39, 0.29) is 41.3 Å². The van der Waals surface area contributed by atoms with Gasteiger partial charge in [0.15, 0.2) is 0 Å². The zero-order valence-electron chi connectivity index (χ0n) is 73.1. The first-order chi connectivity index (χ1) is 59.6. The first kappa shape index (κ1) is 88.1. The molecule has 9 fully saturated rings. The molecule has 12 aromatic heterocycles. The van der Waals surface area contributed by atoms with E-state index in [1.807, 2.05) is 84.6 Å². The molecule has 1 saturated heterocycles. The van der Waals surface area contributed by atoms with Crippen LogP contribution in [0.2, 0.25) is 0 Å². The van der Waals surface area contributed by atoms with Crippen LogP contribution in [-0.2, 0) is 16.3 Å². The Hall–Kier alpha value is -8.35. The zero-order valence-corrected chi connectivity index (χ0v) is 73.1. The summed E-state index contributed by atoms with van der Waals surface area (Å²) in [5.74, 6) is 4.80. The van der Waals surface area contributed by atoms with Crippen LogP contribution in [-0.4, -0.2) is 100 Å². The van der Waals surface area contributed by atoms with Gasteiger partial charge in [0.1, 0.15) is 0 Å². The van der Waals surface area contributed by atoms with Crippen molar-refractivity contribution in [1.82, 2.24) is 56.3 Å². The maximum absolute atomic E-state index is 13.3. The number of hydrogen-bond donors (Lipinski definition) is 6. The lowest BCUT2D eigenvalue weighted by atomic mass is 9.77. The highest BCUT2D eigenvalue weighted by atomic mass is 19.4. The lowest BCUT2D eigenvalue weighted by Crippen LogP contribution is -2.23. The smallest absolute Gasteiger partial charge is 0.388 e. The molecule has 8 aliphatic carbocycles. The molecule has 123 heavy (non-hydrogen) atoms. The summed E-state index contributed by atoms with van der Waals surface area (Å²) in [4.78, 5) is 25.2. The van der Waals surface area contributed by atoms with Crippen LogP contribution in [0.25, 0.3) is 33.1 Å². The number of imidazole rings is 6. The molecule has 1 aliphatic heterocycles.